The molecule has 4 aromatic rings. The summed E-state index contributed by atoms with van der Waals surface area (Å²) in [5, 5.41) is 12.7. The van der Waals surface area contributed by atoms with Gasteiger partial charge in [-0.25, -0.2) is 14.4 Å². The normalized spacial score (nSPS) is 14.4. The number of benzene rings is 2. The van der Waals surface area contributed by atoms with Crippen molar-refractivity contribution in [2.45, 2.75) is 19.4 Å². The van der Waals surface area contributed by atoms with Crippen LogP contribution >= 0.6 is 11.6 Å². The van der Waals surface area contributed by atoms with E-state index >= 15 is 0 Å². The summed E-state index contributed by atoms with van der Waals surface area (Å²) in [7, 11) is 0. The molecule has 0 amide bonds. The maximum absolute atomic E-state index is 13.5. The zero-order valence-corrected chi connectivity index (χ0v) is 17.6. The molecule has 0 aliphatic carbocycles. The van der Waals surface area contributed by atoms with Gasteiger partial charge in [0.15, 0.2) is 0 Å². The molecule has 2 aromatic carbocycles. The molecule has 0 radical (unpaired) electrons. The number of nitrogens with zero attached hydrogens (tertiary/aromatic N) is 6. The number of anilines is 2. The summed E-state index contributed by atoms with van der Waals surface area (Å²) in [5.41, 5.74) is 3.15. The summed E-state index contributed by atoms with van der Waals surface area (Å²) < 4.78 is 15.4. The molecule has 1 fully saturated rings. The smallest absolute Gasteiger partial charge is 0.141 e. The first-order valence-electron chi connectivity index (χ1n) is 10.3. The van der Waals surface area contributed by atoms with Gasteiger partial charge in [-0.15, -0.1) is 5.10 Å². The molecule has 31 heavy (non-hydrogen) atoms. The molecule has 0 atom stereocenters. The van der Waals surface area contributed by atoms with Gasteiger partial charge in [-0.2, -0.15) is 0 Å². The number of fused-ring (bicyclic) bond motifs is 1. The Balaban J connectivity index is 1.40. The molecule has 0 bridgehead atoms. The van der Waals surface area contributed by atoms with E-state index in [4.69, 9.17) is 11.6 Å². The van der Waals surface area contributed by atoms with Gasteiger partial charge in [0.05, 0.1) is 23.3 Å². The standard InChI is InChI=1S/C22H21ClFN7/c23-18-12-16(4-5-19(18)24)27-22-17-11-15(3-6-20(17)25-14-26-22)21-13-31(29-28-21)10-9-30-7-1-2-8-30/h3-6,11-14H,1-2,7-10H2,(H,25,26,27). The Labute approximate surface area is 183 Å². The third kappa shape index (κ3) is 4.35. The van der Waals surface area contributed by atoms with Gasteiger partial charge < -0.3 is 10.2 Å². The molecule has 0 unspecified atom stereocenters. The van der Waals surface area contributed by atoms with Gasteiger partial charge in [-0.05, 0) is 56.3 Å². The van der Waals surface area contributed by atoms with E-state index in [2.05, 4.69) is 30.5 Å². The van der Waals surface area contributed by atoms with Gasteiger partial charge in [0.1, 0.15) is 23.7 Å². The van der Waals surface area contributed by atoms with Crippen molar-refractivity contribution in [3.05, 3.63) is 59.8 Å². The van der Waals surface area contributed by atoms with E-state index in [1.54, 1.807) is 6.07 Å². The summed E-state index contributed by atoms with van der Waals surface area (Å²) in [4.78, 5) is 11.2. The molecule has 1 N–H and O–H groups in total. The average Bonchev–Trinajstić information content (AvgIpc) is 3.47. The van der Waals surface area contributed by atoms with Gasteiger partial charge in [0.25, 0.3) is 0 Å². The van der Waals surface area contributed by atoms with Crippen LogP contribution in [0.4, 0.5) is 15.9 Å². The second-order valence-corrected chi connectivity index (χ2v) is 8.03. The number of hydrogen-bond acceptors (Lipinski definition) is 6. The van der Waals surface area contributed by atoms with Crippen LogP contribution in [0.15, 0.2) is 48.9 Å². The minimum Gasteiger partial charge on any atom is -0.340 e. The van der Waals surface area contributed by atoms with E-state index < -0.39 is 5.82 Å². The van der Waals surface area contributed by atoms with E-state index in [1.807, 2.05) is 29.1 Å². The molecule has 158 valence electrons. The van der Waals surface area contributed by atoms with E-state index in [1.165, 1.54) is 44.4 Å². The van der Waals surface area contributed by atoms with Gasteiger partial charge in [-0.3, -0.25) is 4.68 Å². The Hall–Kier alpha value is -3.10. The molecule has 9 heteroatoms. The van der Waals surface area contributed by atoms with Crippen LogP contribution in [0.25, 0.3) is 22.2 Å². The summed E-state index contributed by atoms with van der Waals surface area (Å²) >= 11 is 5.90. The third-order valence-corrected chi connectivity index (χ3v) is 5.79. The number of rotatable bonds is 6. The zero-order chi connectivity index (χ0) is 21.2. The monoisotopic (exact) mass is 437 g/mol. The number of aromatic nitrogens is 5. The highest BCUT2D eigenvalue weighted by molar-refractivity contribution is 6.31. The van der Waals surface area contributed by atoms with Crippen molar-refractivity contribution in [1.82, 2.24) is 29.9 Å². The van der Waals surface area contributed by atoms with Crippen molar-refractivity contribution in [1.29, 1.82) is 0 Å². The van der Waals surface area contributed by atoms with Gasteiger partial charge in [0, 0.05) is 23.2 Å². The predicted octanol–water partition coefficient (Wildman–Crippen LogP) is 4.52. The van der Waals surface area contributed by atoms with Crippen molar-refractivity contribution in [3.8, 4) is 11.3 Å². The Kier molecular flexibility index (Phi) is 5.48. The topological polar surface area (TPSA) is 71.8 Å². The molecule has 1 saturated heterocycles. The van der Waals surface area contributed by atoms with Crippen LogP contribution in [0, 0.1) is 5.82 Å². The fraction of sp³-hybridized carbons (Fsp3) is 0.273. The van der Waals surface area contributed by atoms with Crippen LogP contribution < -0.4 is 5.32 Å². The van der Waals surface area contributed by atoms with Crippen molar-refractivity contribution < 1.29 is 4.39 Å². The average molecular weight is 438 g/mol. The van der Waals surface area contributed by atoms with Crippen LogP contribution in [0.3, 0.4) is 0 Å². The molecule has 7 nitrogen and oxygen atoms in total. The molecule has 1 aliphatic rings. The molecular weight excluding hydrogens is 417 g/mol. The molecule has 5 rings (SSSR count). The zero-order valence-electron chi connectivity index (χ0n) is 16.8. The summed E-state index contributed by atoms with van der Waals surface area (Å²) in [6.07, 6.45) is 6.02. The van der Waals surface area contributed by atoms with Crippen LogP contribution in [0.5, 0.6) is 0 Å². The van der Waals surface area contributed by atoms with E-state index in [-0.39, 0.29) is 5.02 Å². The van der Waals surface area contributed by atoms with Crippen molar-refractivity contribution in [3.63, 3.8) is 0 Å². The lowest BCUT2D eigenvalue weighted by Gasteiger charge is -2.13. The second-order valence-electron chi connectivity index (χ2n) is 7.62. The fourth-order valence-corrected chi connectivity index (χ4v) is 4.00. The van der Waals surface area contributed by atoms with E-state index in [0.717, 1.165) is 35.2 Å². The van der Waals surface area contributed by atoms with Crippen LogP contribution in [0.2, 0.25) is 5.02 Å². The second kappa shape index (κ2) is 8.56. The maximum Gasteiger partial charge on any atom is 0.141 e. The highest BCUT2D eigenvalue weighted by Gasteiger charge is 2.13. The SMILES string of the molecule is Fc1ccc(Nc2ncnc3ccc(-c4cn(CCN5CCCC5)nn4)cc23)cc1Cl. The largest absolute Gasteiger partial charge is 0.340 e. The Morgan fingerprint density at radius 3 is 2.74 bits per heavy atom. The first-order valence-corrected chi connectivity index (χ1v) is 10.6. The lowest BCUT2D eigenvalue weighted by molar-refractivity contribution is 0.314. The summed E-state index contributed by atoms with van der Waals surface area (Å²) in [5.74, 6) is 0.144. The molecule has 0 spiro atoms. The molecule has 0 saturated carbocycles. The maximum atomic E-state index is 13.5. The van der Waals surface area contributed by atoms with Crippen LogP contribution in [0.1, 0.15) is 12.8 Å². The van der Waals surface area contributed by atoms with Crippen molar-refractivity contribution >= 4 is 34.0 Å². The molecule has 2 aromatic heterocycles. The highest BCUT2D eigenvalue weighted by atomic mass is 35.5. The molecular formula is C22H21ClFN7. The highest BCUT2D eigenvalue weighted by Crippen LogP contribution is 2.29. The van der Waals surface area contributed by atoms with E-state index in [9.17, 15) is 4.39 Å². The van der Waals surface area contributed by atoms with Crippen molar-refractivity contribution in [2.24, 2.45) is 0 Å². The Morgan fingerprint density at radius 1 is 1.03 bits per heavy atom. The summed E-state index contributed by atoms with van der Waals surface area (Å²) in [6, 6.07) is 10.4. The fourth-order valence-electron chi connectivity index (χ4n) is 3.82. The van der Waals surface area contributed by atoms with Gasteiger partial charge in [0.2, 0.25) is 0 Å². The predicted molar refractivity (Wildman–Crippen MR) is 119 cm³/mol. The molecule has 3 heterocycles. The van der Waals surface area contributed by atoms with Crippen molar-refractivity contribution in [2.75, 3.05) is 25.0 Å². The first-order chi connectivity index (χ1) is 15.2. The number of likely N-dealkylation sites (tertiary alicyclic amines) is 1. The van der Waals surface area contributed by atoms with Gasteiger partial charge >= 0.3 is 0 Å². The Morgan fingerprint density at radius 2 is 1.90 bits per heavy atom. The first kappa shape index (κ1) is 19.8. The van der Waals surface area contributed by atoms with E-state index in [0.29, 0.717) is 11.5 Å². The molecule has 1 aliphatic heterocycles. The number of hydrogen-bond donors (Lipinski definition) is 1. The van der Waals surface area contributed by atoms with Crippen LogP contribution in [-0.4, -0.2) is 49.5 Å². The minimum absolute atomic E-state index is 0.0506. The van der Waals surface area contributed by atoms with Gasteiger partial charge in [-0.1, -0.05) is 22.9 Å². The van der Waals surface area contributed by atoms with Crippen LogP contribution in [-0.2, 0) is 6.54 Å². The lowest BCUT2D eigenvalue weighted by atomic mass is 10.1. The number of halogens is 2. The third-order valence-electron chi connectivity index (χ3n) is 5.50. The lowest BCUT2D eigenvalue weighted by Crippen LogP contribution is -2.24. The quantitative estimate of drug-likeness (QED) is 0.478. The number of nitrogens with one attached hydrogen (secondary N) is 1. The minimum atomic E-state index is -0.463. The summed E-state index contributed by atoms with van der Waals surface area (Å²) in [6.45, 7) is 4.15. The Bertz CT molecular complexity index is 1220.